The number of hydrogen-bond donors (Lipinski definition) is 0. The van der Waals surface area contributed by atoms with Crippen molar-refractivity contribution in [2.75, 3.05) is 13.3 Å². The van der Waals surface area contributed by atoms with Crippen LogP contribution in [-0.4, -0.2) is 32.5 Å². The van der Waals surface area contributed by atoms with Gasteiger partial charge in [0.25, 0.3) is 5.91 Å². The van der Waals surface area contributed by atoms with E-state index in [2.05, 4.69) is 15.9 Å². The zero-order valence-electron chi connectivity index (χ0n) is 13.5. The van der Waals surface area contributed by atoms with E-state index < -0.39 is 15.7 Å². The molecule has 0 spiro atoms. The summed E-state index contributed by atoms with van der Waals surface area (Å²) in [4.78, 5) is 14.3. The average Bonchev–Trinajstić information content (AvgIpc) is 2.52. The fraction of sp³-hybridized carbons (Fsp3) is 0.235. The maximum atomic E-state index is 13.2. The second kappa shape index (κ2) is 7.03. The monoisotopic (exact) mass is 413 g/mol. The van der Waals surface area contributed by atoms with Crippen molar-refractivity contribution in [3.05, 3.63) is 63.9 Å². The number of amides is 1. The third-order valence-corrected chi connectivity index (χ3v) is 5.64. The van der Waals surface area contributed by atoms with Gasteiger partial charge in [-0.15, -0.1) is 0 Å². The zero-order chi connectivity index (χ0) is 18.1. The molecule has 1 unspecified atom stereocenters. The largest absolute Gasteiger partial charge is 0.335 e. The van der Waals surface area contributed by atoms with Crippen LogP contribution in [0.4, 0.5) is 4.39 Å². The first-order valence-corrected chi connectivity index (χ1v) is 9.82. The summed E-state index contributed by atoms with van der Waals surface area (Å²) in [5.41, 5.74) is 1.16. The van der Waals surface area contributed by atoms with Crippen LogP contribution >= 0.6 is 15.9 Å². The molecule has 0 saturated carbocycles. The lowest BCUT2D eigenvalue weighted by Gasteiger charge is -2.26. The summed E-state index contributed by atoms with van der Waals surface area (Å²) in [5, 5.41) is 0. The smallest absolute Gasteiger partial charge is 0.255 e. The van der Waals surface area contributed by atoms with E-state index in [0.29, 0.717) is 10.0 Å². The van der Waals surface area contributed by atoms with Crippen LogP contribution in [-0.2, 0) is 9.84 Å². The molecule has 0 N–H and O–H groups in total. The first-order chi connectivity index (χ1) is 11.1. The van der Waals surface area contributed by atoms with Crippen LogP contribution in [0.2, 0.25) is 0 Å². The van der Waals surface area contributed by atoms with Gasteiger partial charge in [0.2, 0.25) is 0 Å². The summed E-state index contributed by atoms with van der Waals surface area (Å²) in [6.45, 7) is 1.84. The molecule has 0 bridgehead atoms. The molecular formula is C17H17BrFNO3S. The molecule has 0 fully saturated rings. The molecule has 0 heterocycles. The zero-order valence-corrected chi connectivity index (χ0v) is 15.9. The van der Waals surface area contributed by atoms with Crippen LogP contribution < -0.4 is 0 Å². The summed E-state index contributed by atoms with van der Waals surface area (Å²) >= 11 is 3.20. The van der Waals surface area contributed by atoms with Gasteiger partial charge in [-0.2, -0.15) is 0 Å². The second-order valence-corrected chi connectivity index (χ2v) is 8.43. The molecule has 1 atom stereocenters. The van der Waals surface area contributed by atoms with E-state index in [1.807, 2.05) is 6.92 Å². The fourth-order valence-electron chi connectivity index (χ4n) is 2.25. The number of sulfone groups is 1. The number of rotatable bonds is 4. The van der Waals surface area contributed by atoms with Crippen LogP contribution in [0, 0.1) is 5.82 Å². The van der Waals surface area contributed by atoms with Gasteiger partial charge in [-0.05, 0) is 58.7 Å². The molecule has 4 nitrogen and oxygen atoms in total. The molecule has 0 aliphatic carbocycles. The maximum Gasteiger partial charge on any atom is 0.255 e. The molecule has 2 aromatic rings. The SMILES string of the molecule is CC(c1ccc(S(C)(=O)=O)cc1)N(C)C(=O)c1ccc(F)cc1Br. The molecule has 7 heteroatoms. The van der Waals surface area contributed by atoms with Crippen LogP contribution in [0.15, 0.2) is 51.8 Å². The van der Waals surface area contributed by atoms with Crippen molar-refractivity contribution in [3.63, 3.8) is 0 Å². The predicted molar refractivity (Wildman–Crippen MR) is 94.2 cm³/mol. The topological polar surface area (TPSA) is 54.5 Å². The van der Waals surface area contributed by atoms with Crippen molar-refractivity contribution in [2.45, 2.75) is 17.9 Å². The number of hydrogen-bond acceptors (Lipinski definition) is 3. The minimum Gasteiger partial charge on any atom is -0.335 e. The van der Waals surface area contributed by atoms with Gasteiger partial charge in [-0.1, -0.05) is 12.1 Å². The fourth-order valence-corrected chi connectivity index (χ4v) is 3.40. The molecule has 128 valence electrons. The standard InChI is InChI=1S/C17H17BrFNO3S/c1-11(12-4-7-14(8-5-12)24(3,22)23)20(2)17(21)15-9-6-13(19)10-16(15)18/h4-11H,1-3H3. The van der Waals surface area contributed by atoms with E-state index in [1.54, 1.807) is 19.2 Å². The van der Waals surface area contributed by atoms with Gasteiger partial charge in [0.05, 0.1) is 16.5 Å². The van der Waals surface area contributed by atoms with Crippen molar-refractivity contribution in [1.82, 2.24) is 4.90 Å². The van der Waals surface area contributed by atoms with E-state index in [0.717, 1.165) is 11.8 Å². The van der Waals surface area contributed by atoms with E-state index in [1.165, 1.54) is 35.2 Å². The van der Waals surface area contributed by atoms with E-state index >= 15 is 0 Å². The highest BCUT2D eigenvalue weighted by molar-refractivity contribution is 9.10. The molecule has 24 heavy (non-hydrogen) atoms. The predicted octanol–water partition coefficient (Wildman–Crippen LogP) is 3.82. The van der Waals surface area contributed by atoms with Crippen LogP contribution in [0.5, 0.6) is 0 Å². The lowest BCUT2D eigenvalue weighted by Crippen LogP contribution is -2.30. The molecule has 2 aromatic carbocycles. The third kappa shape index (κ3) is 4.02. The number of carbonyl (C=O) groups excluding carboxylic acids is 1. The molecule has 0 radical (unpaired) electrons. The highest BCUT2D eigenvalue weighted by Crippen LogP contribution is 2.25. The van der Waals surface area contributed by atoms with Crippen LogP contribution in [0.25, 0.3) is 0 Å². The van der Waals surface area contributed by atoms with Gasteiger partial charge in [-0.25, -0.2) is 12.8 Å². The average molecular weight is 414 g/mol. The Balaban J connectivity index is 2.25. The minimum atomic E-state index is -3.26. The Hall–Kier alpha value is -1.73. The van der Waals surface area contributed by atoms with E-state index in [4.69, 9.17) is 0 Å². The van der Waals surface area contributed by atoms with Gasteiger partial charge < -0.3 is 4.90 Å². The van der Waals surface area contributed by atoms with Crippen LogP contribution in [0.3, 0.4) is 0 Å². The summed E-state index contributed by atoms with van der Waals surface area (Å²) < 4.78 is 36.6. The lowest BCUT2D eigenvalue weighted by molar-refractivity contribution is 0.0741. The Morgan fingerprint density at radius 1 is 1.17 bits per heavy atom. The number of carbonyl (C=O) groups is 1. The van der Waals surface area contributed by atoms with E-state index in [-0.39, 0.29) is 16.8 Å². The van der Waals surface area contributed by atoms with Crippen molar-refractivity contribution in [1.29, 1.82) is 0 Å². The van der Waals surface area contributed by atoms with E-state index in [9.17, 15) is 17.6 Å². The molecule has 0 aromatic heterocycles. The minimum absolute atomic E-state index is 0.230. The molecule has 1 amide bonds. The second-order valence-electron chi connectivity index (χ2n) is 5.56. The summed E-state index contributed by atoms with van der Waals surface area (Å²) in [6.07, 6.45) is 1.15. The quantitative estimate of drug-likeness (QED) is 0.765. The van der Waals surface area contributed by atoms with Crippen molar-refractivity contribution < 1.29 is 17.6 Å². The molecular weight excluding hydrogens is 397 g/mol. The van der Waals surface area contributed by atoms with Crippen molar-refractivity contribution in [3.8, 4) is 0 Å². The van der Waals surface area contributed by atoms with Crippen molar-refractivity contribution >= 4 is 31.7 Å². The number of halogens is 2. The van der Waals surface area contributed by atoms with Gasteiger partial charge in [0.1, 0.15) is 5.82 Å². The van der Waals surface area contributed by atoms with Gasteiger partial charge in [-0.3, -0.25) is 4.79 Å². The Labute approximate surface area is 149 Å². The molecule has 0 aliphatic rings. The maximum absolute atomic E-state index is 13.2. The summed E-state index contributed by atoms with van der Waals surface area (Å²) in [5.74, 6) is -0.688. The summed E-state index contributed by atoms with van der Waals surface area (Å²) in [7, 11) is -1.61. The highest BCUT2D eigenvalue weighted by Gasteiger charge is 2.21. The summed E-state index contributed by atoms with van der Waals surface area (Å²) in [6, 6.07) is 10.0. The number of benzene rings is 2. The first kappa shape index (κ1) is 18.6. The Kier molecular flexibility index (Phi) is 5.45. The Morgan fingerprint density at radius 2 is 1.75 bits per heavy atom. The normalized spacial score (nSPS) is 12.7. The lowest BCUT2D eigenvalue weighted by atomic mass is 10.1. The van der Waals surface area contributed by atoms with Crippen LogP contribution in [0.1, 0.15) is 28.9 Å². The van der Waals surface area contributed by atoms with Gasteiger partial charge in [0.15, 0.2) is 9.84 Å². The number of nitrogens with zero attached hydrogens (tertiary/aromatic N) is 1. The molecule has 2 rings (SSSR count). The first-order valence-electron chi connectivity index (χ1n) is 7.13. The Morgan fingerprint density at radius 3 is 2.25 bits per heavy atom. The van der Waals surface area contributed by atoms with Gasteiger partial charge in [0, 0.05) is 17.8 Å². The third-order valence-electron chi connectivity index (χ3n) is 3.85. The Bertz CT molecular complexity index is 866. The molecule has 0 aliphatic heterocycles. The van der Waals surface area contributed by atoms with Gasteiger partial charge >= 0.3 is 0 Å². The highest BCUT2D eigenvalue weighted by atomic mass is 79.9. The van der Waals surface area contributed by atoms with Crippen molar-refractivity contribution in [2.24, 2.45) is 0 Å². The molecule has 0 saturated heterocycles.